The maximum atomic E-state index is 6.01. The van der Waals surface area contributed by atoms with E-state index < -0.39 is 0 Å². The minimum atomic E-state index is -0.352. The molecular weight excluding hydrogens is 214 g/mol. The molecule has 1 aromatic carbocycles. The molecule has 17 heavy (non-hydrogen) atoms. The second-order valence-corrected chi connectivity index (χ2v) is 5.28. The van der Waals surface area contributed by atoms with E-state index in [1.807, 2.05) is 13.0 Å². The van der Waals surface area contributed by atoms with Gasteiger partial charge in [-0.15, -0.1) is 0 Å². The zero-order valence-electron chi connectivity index (χ0n) is 10.2. The molecule has 0 aromatic heterocycles. The molecule has 0 amide bonds. The van der Waals surface area contributed by atoms with Gasteiger partial charge in [-0.2, -0.15) is 0 Å². The third-order valence-electron chi connectivity index (χ3n) is 3.52. The zero-order chi connectivity index (χ0) is 11.9. The SMILES string of the molecule is CC(N)Cc1ccc2c(c1)OC1(CCCC1)O2. The number of fused-ring (bicyclic) bond motifs is 1. The van der Waals surface area contributed by atoms with Crippen LogP contribution in [0.3, 0.4) is 0 Å². The minimum Gasteiger partial charge on any atom is -0.448 e. The summed E-state index contributed by atoms with van der Waals surface area (Å²) < 4.78 is 12.0. The molecule has 0 radical (unpaired) electrons. The molecule has 3 heteroatoms. The van der Waals surface area contributed by atoms with Gasteiger partial charge in [-0.3, -0.25) is 0 Å². The normalized spacial score (nSPS) is 22.0. The predicted octanol–water partition coefficient (Wildman–Crippen LogP) is 2.62. The van der Waals surface area contributed by atoms with Gasteiger partial charge in [0.05, 0.1) is 0 Å². The summed E-state index contributed by atoms with van der Waals surface area (Å²) in [4.78, 5) is 0. The molecule has 1 atom stereocenters. The van der Waals surface area contributed by atoms with Gasteiger partial charge in [-0.1, -0.05) is 6.07 Å². The zero-order valence-corrected chi connectivity index (χ0v) is 10.2. The number of rotatable bonds is 2. The topological polar surface area (TPSA) is 44.5 Å². The maximum Gasteiger partial charge on any atom is 0.251 e. The minimum absolute atomic E-state index is 0.177. The highest BCUT2D eigenvalue weighted by molar-refractivity contribution is 5.46. The van der Waals surface area contributed by atoms with Crippen LogP contribution in [0.15, 0.2) is 18.2 Å². The Morgan fingerprint density at radius 3 is 2.65 bits per heavy atom. The maximum absolute atomic E-state index is 6.01. The summed E-state index contributed by atoms with van der Waals surface area (Å²) >= 11 is 0. The van der Waals surface area contributed by atoms with Crippen LogP contribution in [0.4, 0.5) is 0 Å². The molecule has 0 saturated heterocycles. The van der Waals surface area contributed by atoms with Crippen molar-refractivity contribution in [1.82, 2.24) is 0 Å². The molecule has 0 bridgehead atoms. The molecule has 2 aliphatic rings. The summed E-state index contributed by atoms with van der Waals surface area (Å²) in [6.07, 6.45) is 5.28. The van der Waals surface area contributed by atoms with E-state index in [0.29, 0.717) is 0 Å². The smallest absolute Gasteiger partial charge is 0.251 e. The summed E-state index contributed by atoms with van der Waals surface area (Å²) in [5.41, 5.74) is 7.03. The number of ether oxygens (including phenoxy) is 2. The number of benzene rings is 1. The summed E-state index contributed by atoms with van der Waals surface area (Å²) in [6.45, 7) is 2.02. The first kappa shape index (κ1) is 10.9. The molecule has 1 spiro atoms. The first-order chi connectivity index (χ1) is 8.17. The van der Waals surface area contributed by atoms with E-state index in [4.69, 9.17) is 15.2 Å². The molecule has 3 nitrogen and oxygen atoms in total. The van der Waals surface area contributed by atoms with Crippen molar-refractivity contribution in [3.63, 3.8) is 0 Å². The van der Waals surface area contributed by atoms with Gasteiger partial charge in [0.25, 0.3) is 5.79 Å². The lowest BCUT2D eigenvalue weighted by Crippen LogP contribution is -2.34. The van der Waals surface area contributed by atoms with Crippen LogP contribution in [-0.4, -0.2) is 11.8 Å². The van der Waals surface area contributed by atoms with Gasteiger partial charge in [0.1, 0.15) is 0 Å². The molecule has 1 heterocycles. The lowest BCUT2D eigenvalue weighted by molar-refractivity contribution is -0.0716. The van der Waals surface area contributed by atoms with E-state index in [1.165, 1.54) is 18.4 Å². The molecule has 1 aliphatic heterocycles. The predicted molar refractivity (Wildman–Crippen MR) is 66.3 cm³/mol. The molecule has 1 saturated carbocycles. The molecule has 1 aromatic rings. The van der Waals surface area contributed by atoms with Gasteiger partial charge in [-0.25, -0.2) is 0 Å². The summed E-state index contributed by atoms with van der Waals surface area (Å²) in [5.74, 6) is 1.43. The van der Waals surface area contributed by atoms with Crippen molar-refractivity contribution in [1.29, 1.82) is 0 Å². The van der Waals surface area contributed by atoms with Crippen molar-refractivity contribution in [3.05, 3.63) is 23.8 Å². The average Bonchev–Trinajstić information content (AvgIpc) is 2.84. The van der Waals surface area contributed by atoms with E-state index in [0.717, 1.165) is 30.8 Å². The molecule has 92 valence electrons. The molecule has 3 rings (SSSR count). The van der Waals surface area contributed by atoms with Crippen LogP contribution in [0.1, 0.15) is 38.2 Å². The Kier molecular flexibility index (Phi) is 2.51. The summed E-state index contributed by atoms with van der Waals surface area (Å²) in [5, 5.41) is 0. The Hall–Kier alpha value is -1.22. The lowest BCUT2D eigenvalue weighted by Gasteiger charge is -2.21. The van der Waals surface area contributed by atoms with Crippen molar-refractivity contribution in [2.75, 3.05) is 0 Å². The monoisotopic (exact) mass is 233 g/mol. The summed E-state index contributed by atoms with van der Waals surface area (Å²) in [6, 6.07) is 6.35. The fourth-order valence-electron chi connectivity index (χ4n) is 2.75. The highest BCUT2D eigenvalue weighted by Crippen LogP contribution is 2.46. The van der Waals surface area contributed by atoms with Crippen LogP contribution in [0.5, 0.6) is 11.5 Å². The van der Waals surface area contributed by atoms with Crippen LogP contribution >= 0.6 is 0 Å². The van der Waals surface area contributed by atoms with E-state index in [1.54, 1.807) is 0 Å². The lowest BCUT2D eigenvalue weighted by atomic mass is 10.1. The van der Waals surface area contributed by atoms with Crippen LogP contribution < -0.4 is 15.2 Å². The van der Waals surface area contributed by atoms with Gasteiger partial charge < -0.3 is 15.2 Å². The number of hydrogen-bond donors (Lipinski definition) is 1. The standard InChI is InChI=1S/C14H19NO2/c1-10(15)8-11-4-5-12-13(9-11)17-14(16-12)6-2-3-7-14/h4-5,9-10H,2-3,6-8,15H2,1H3. The van der Waals surface area contributed by atoms with Crippen LogP contribution in [0, 0.1) is 0 Å². The van der Waals surface area contributed by atoms with E-state index in [-0.39, 0.29) is 11.8 Å². The quantitative estimate of drug-likeness (QED) is 0.854. The van der Waals surface area contributed by atoms with Crippen LogP contribution in [0.2, 0.25) is 0 Å². The Morgan fingerprint density at radius 1 is 1.24 bits per heavy atom. The van der Waals surface area contributed by atoms with E-state index in [9.17, 15) is 0 Å². The highest BCUT2D eigenvalue weighted by Gasteiger charge is 2.43. The highest BCUT2D eigenvalue weighted by atomic mass is 16.7. The molecule has 1 aliphatic carbocycles. The Balaban J connectivity index is 1.83. The van der Waals surface area contributed by atoms with Gasteiger partial charge >= 0.3 is 0 Å². The molecule has 1 fully saturated rings. The number of nitrogens with two attached hydrogens (primary N) is 1. The second-order valence-electron chi connectivity index (χ2n) is 5.28. The summed E-state index contributed by atoms with van der Waals surface area (Å²) in [7, 11) is 0. The first-order valence-corrected chi connectivity index (χ1v) is 6.43. The second kappa shape index (κ2) is 3.91. The third kappa shape index (κ3) is 2.00. The number of hydrogen-bond acceptors (Lipinski definition) is 3. The van der Waals surface area contributed by atoms with Crippen molar-refractivity contribution in [2.24, 2.45) is 5.73 Å². The largest absolute Gasteiger partial charge is 0.448 e. The Morgan fingerprint density at radius 2 is 1.94 bits per heavy atom. The molecule has 2 N–H and O–H groups in total. The van der Waals surface area contributed by atoms with Crippen LogP contribution in [0.25, 0.3) is 0 Å². The average molecular weight is 233 g/mol. The van der Waals surface area contributed by atoms with Gasteiger partial charge in [0.2, 0.25) is 0 Å². The van der Waals surface area contributed by atoms with E-state index >= 15 is 0 Å². The van der Waals surface area contributed by atoms with Crippen molar-refractivity contribution < 1.29 is 9.47 Å². The van der Waals surface area contributed by atoms with Crippen molar-refractivity contribution >= 4 is 0 Å². The fourth-order valence-corrected chi connectivity index (χ4v) is 2.75. The van der Waals surface area contributed by atoms with Gasteiger partial charge in [0, 0.05) is 18.9 Å². The molecular formula is C14H19NO2. The first-order valence-electron chi connectivity index (χ1n) is 6.43. The van der Waals surface area contributed by atoms with Crippen LogP contribution in [-0.2, 0) is 6.42 Å². The Labute approximate surface area is 102 Å². The fraction of sp³-hybridized carbons (Fsp3) is 0.571. The Bertz CT molecular complexity index is 422. The van der Waals surface area contributed by atoms with Gasteiger partial charge in [0.15, 0.2) is 11.5 Å². The molecule has 1 unspecified atom stereocenters. The van der Waals surface area contributed by atoms with E-state index in [2.05, 4.69) is 12.1 Å². The van der Waals surface area contributed by atoms with Gasteiger partial charge in [-0.05, 0) is 43.9 Å². The van der Waals surface area contributed by atoms with Crippen molar-refractivity contribution in [3.8, 4) is 11.5 Å². The van der Waals surface area contributed by atoms with Crippen molar-refractivity contribution in [2.45, 2.75) is 50.9 Å². The third-order valence-corrected chi connectivity index (χ3v) is 3.52.